The van der Waals surface area contributed by atoms with Gasteiger partial charge in [-0.15, -0.1) is 0 Å². The Hall–Kier alpha value is -0.800. The number of aliphatic hydroxyl groups is 1. The van der Waals surface area contributed by atoms with Crippen LogP contribution < -0.4 is 0 Å². The molecule has 1 spiro atoms. The van der Waals surface area contributed by atoms with Gasteiger partial charge in [0.15, 0.2) is 0 Å². The van der Waals surface area contributed by atoms with Crippen LogP contribution in [-0.4, -0.2) is 17.3 Å². The summed E-state index contributed by atoms with van der Waals surface area (Å²) < 4.78 is 11.9. The molecule has 118 valence electrons. The summed E-state index contributed by atoms with van der Waals surface area (Å²) in [5, 5.41) is 10.9. The number of aryl methyl sites for hydroxylation is 2. The third kappa shape index (κ3) is 2.78. The predicted octanol–water partition coefficient (Wildman–Crippen LogP) is 4.37. The van der Waals surface area contributed by atoms with Crippen LogP contribution in [0.25, 0.3) is 0 Å². The zero-order valence-electron chi connectivity index (χ0n) is 13.6. The van der Waals surface area contributed by atoms with Gasteiger partial charge in [0, 0.05) is 12.2 Å². The minimum atomic E-state index is -0.412. The summed E-state index contributed by atoms with van der Waals surface area (Å²) in [4.78, 5) is 0. The number of ether oxygens (including phenoxy) is 1. The van der Waals surface area contributed by atoms with Crippen molar-refractivity contribution in [2.75, 3.05) is 6.61 Å². The van der Waals surface area contributed by atoms with Gasteiger partial charge in [0.1, 0.15) is 11.5 Å². The third-order valence-corrected chi connectivity index (χ3v) is 5.66. The molecule has 2 heterocycles. The van der Waals surface area contributed by atoms with Crippen LogP contribution in [0, 0.1) is 26.7 Å². The van der Waals surface area contributed by atoms with E-state index >= 15 is 0 Å². The maximum Gasteiger partial charge on any atom is 0.107 e. The van der Waals surface area contributed by atoms with Crippen LogP contribution in [0.1, 0.15) is 73.7 Å². The van der Waals surface area contributed by atoms with E-state index in [9.17, 15) is 5.11 Å². The molecule has 2 fully saturated rings. The standard InChI is InChI=1S/C18H28O3/c1-12-13(2)21-14(3)16(12)17(19)15-7-10-20-18(11-15)8-5-4-6-9-18/h15,17,19H,4-11H2,1-3H3. The van der Waals surface area contributed by atoms with Gasteiger partial charge < -0.3 is 14.3 Å². The number of hydrogen-bond donors (Lipinski definition) is 1. The zero-order valence-corrected chi connectivity index (χ0v) is 13.6. The van der Waals surface area contributed by atoms with Crippen LogP contribution in [0.4, 0.5) is 0 Å². The van der Waals surface area contributed by atoms with E-state index < -0.39 is 6.10 Å². The lowest BCUT2D eigenvalue weighted by Gasteiger charge is -2.44. The topological polar surface area (TPSA) is 42.6 Å². The van der Waals surface area contributed by atoms with E-state index in [1.54, 1.807) is 0 Å². The first-order valence-electron chi connectivity index (χ1n) is 8.41. The first-order chi connectivity index (χ1) is 10.0. The largest absolute Gasteiger partial charge is 0.466 e. The van der Waals surface area contributed by atoms with Crippen molar-refractivity contribution in [3.8, 4) is 0 Å². The first kappa shape index (κ1) is 15.1. The molecule has 1 saturated carbocycles. The Bertz CT molecular complexity index is 491. The van der Waals surface area contributed by atoms with Crippen LogP contribution in [0.3, 0.4) is 0 Å². The van der Waals surface area contributed by atoms with Crippen LogP contribution in [0.15, 0.2) is 4.42 Å². The minimum Gasteiger partial charge on any atom is -0.466 e. The summed E-state index contributed by atoms with van der Waals surface area (Å²) >= 11 is 0. The van der Waals surface area contributed by atoms with Gasteiger partial charge in [-0.3, -0.25) is 0 Å². The highest BCUT2D eigenvalue weighted by atomic mass is 16.5. The van der Waals surface area contributed by atoms with E-state index in [1.807, 2.05) is 13.8 Å². The SMILES string of the molecule is Cc1oc(C)c(C(O)C2CCOC3(CCCCC3)C2)c1C. The minimum absolute atomic E-state index is 0.0444. The maximum absolute atomic E-state index is 10.9. The molecule has 3 rings (SSSR count). The maximum atomic E-state index is 10.9. The molecule has 0 radical (unpaired) electrons. The van der Waals surface area contributed by atoms with Crippen molar-refractivity contribution in [1.82, 2.24) is 0 Å². The molecule has 1 aliphatic carbocycles. The van der Waals surface area contributed by atoms with Crippen molar-refractivity contribution >= 4 is 0 Å². The number of rotatable bonds is 2. The monoisotopic (exact) mass is 292 g/mol. The van der Waals surface area contributed by atoms with Crippen LogP contribution >= 0.6 is 0 Å². The molecule has 3 heteroatoms. The second kappa shape index (κ2) is 5.77. The van der Waals surface area contributed by atoms with Crippen molar-refractivity contribution in [1.29, 1.82) is 0 Å². The molecular formula is C18H28O3. The number of furan rings is 1. The van der Waals surface area contributed by atoms with Gasteiger partial charge in [0.05, 0.1) is 11.7 Å². The molecule has 0 amide bonds. The molecule has 2 unspecified atom stereocenters. The quantitative estimate of drug-likeness (QED) is 0.880. The Balaban J connectivity index is 1.79. The molecule has 3 nitrogen and oxygen atoms in total. The smallest absolute Gasteiger partial charge is 0.107 e. The van der Waals surface area contributed by atoms with E-state index in [0.29, 0.717) is 5.92 Å². The number of hydrogen-bond acceptors (Lipinski definition) is 3. The second-order valence-corrected chi connectivity index (χ2v) is 7.04. The summed E-state index contributed by atoms with van der Waals surface area (Å²) in [6.45, 7) is 6.79. The molecular weight excluding hydrogens is 264 g/mol. The Labute approximate surface area is 127 Å². The summed E-state index contributed by atoms with van der Waals surface area (Å²) in [5.74, 6) is 2.11. The summed E-state index contributed by atoms with van der Waals surface area (Å²) in [7, 11) is 0. The van der Waals surface area contributed by atoms with Gasteiger partial charge in [0.2, 0.25) is 0 Å². The molecule has 1 N–H and O–H groups in total. The molecule has 0 bridgehead atoms. The fourth-order valence-electron chi connectivity index (χ4n) is 4.36. The highest BCUT2D eigenvalue weighted by Gasteiger charge is 2.41. The lowest BCUT2D eigenvalue weighted by atomic mass is 9.73. The predicted molar refractivity (Wildman–Crippen MR) is 82.4 cm³/mol. The van der Waals surface area contributed by atoms with E-state index in [2.05, 4.69) is 6.92 Å². The van der Waals surface area contributed by atoms with Crippen molar-refractivity contribution in [2.24, 2.45) is 5.92 Å². The Kier molecular flexibility index (Phi) is 4.15. The molecule has 1 aliphatic heterocycles. The van der Waals surface area contributed by atoms with Crippen LogP contribution in [0.2, 0.25) is 0 Å². The summed E-state index contributed by atoms with van der Waals surface area (Å²) in [6.07, 6.45) is 7.74. The fraction of sp³-hybridized carbons (Fsp3) is 0.778. The summed E-state index contributed by atoms with van der Waals surface area (Å²) in [6, 6.07) is 0. The van der Waals surface area contributed by atoms with Crippen molar-refractivity contribution in [3.05, 3.63) is 22.6 Å². The Morgan fingerprint density at radius 3 is 2.43 bits per heavy atom. The van der Waals surface area contributed by atoms with Gasteiger partial charge in [-0.05, 0) is 57.9 Å². The van der Waals surface area contributed by atoms with E-state index in [0.717, 1.165) is 42.1 Å². The van der Waals surface area contributed by atoms with Gasteiger partial charge in [-0.2, -0.15) is 0 Å². The average Bonchev–Trinajstić information content (AvgIpc) is 2.72. The van der Waals surface area contributed by atoms with Crippen molar-refractivity contribution in [3.63, 3.8) is 0 Å². The first-order valence-corrected chi connectivity index (χ1v) is 8.41. The zero-order chi connectivity index (χ0) is 15.0. The molecule has 0 aromatic carbocycles. The highest BCUT2D eigenvalue weighted by Crippen LogP contribution is 2.45. The third-order valence-electron chi connectivity index (χ3n) is 5.66. The van der Waals surface area contributed by atoms with Gasteiger partial charge >= 0.3 is 0 Å². The average molecular weight is 292 g/mol. The highest BCUT2D eigenvalue weighted by molar-refractivity contribution is 5.33. The normalized spacial score (nSPS) is 27.0. The van der Waals surface area contributed by atoms with Gasteiger partial charge in [-0.1, -0.05) is 19.3 Å². The molecule has 1 aromatic heterocycles. The fourth-order valence-corrected chi connectivity index (χ4v) is 4.36. The lowest BCUT2D eigenvalue weighted by Crippen LogP contribution is -2.42. The van der Waals surface area contributed by atoms with E-state index in [-0.39, 0.29) is 5.60 Å². The molecule has 21 heavy (non-hydrogen) atoms. The van der Waals surface area contributed by atoms with Crippen molar-refractivity contribution in [2.45, 2.75) is 77.4 Å². The Morgan fingerprint density at radius 2 is 1.81 bits per heavy atom. The summed E-state index contributed by atoms with van der Waals surface area (Å²) in [5.41, 5.74) is 2.18. The molecule has 1 aromatic rings. The Morgan fingerprint density at radius 1 is 1.10 bits per heavy atom. The van der Waals surface area contributed by atoms with Crippen molar-refractivity contribution < 1.29 is 14.3 Å². The molecule has 2 aliphatic rings. The second-order valence-electron chi connectivity index (χ2n) is 7.04. The lowest BCUT2D eigenvalue weighted by molar-refractivity contribution is -0.134. The molecule has 2 atom stereocenters. The van der Waals surface area contributed by atoms with E-state index in [1.165, 1.54) is 32.1 Å². The van der Waals surface area contributed by atoms with Gasteiger partial charge in [0.25, 0.3) is 0 Å². The molecule has 1 saturated heterocycles. The number of aliphatic hydroxyl groups excluding tert-OH is 1. The van der Waals surface area contributed by atoms with Crippen LogP contribution in [0.5, 0.6) is 0 Å². The van der Waals surface area contributed by atoms with E-state index in [4.69, 9.17) is 9.15 Å². The van der Waals surface area contributed by atoms with Gasteiger partial charge in [-0.25, -0.2) is 0 Å². The van der Waals surface area contributed by atoms with Crippen LogP contribution in [-0.2, 0) is 4.74 Å².